The van der Waals surface area contributed by atoms with Gasteiger partial charge >= 0.3 is 0 Å². The van der Waals surface area contributed by atoms with E-state index in [1.807, 2.05) is 0 Å². The van der Waals surface area contributed by atoms with Crippen LogP contribution >= 0.6 is 0 Å². The normalized spacial score (nSPS) is 13.9. The Kier molecular flexibility index (Phi) is 9.79. The lowest BCUT2D eigenvalue weighted by Gasteiger charge is -2.26. The Balaban J connectivity index is 3.77. The second-order valence-electron chi connectivity index (χ2n) is 5.74. The number of rotatable bonds is 10. The van der Waals surface area contributed by atoms with Crippen LogP contribution in [0.25, 0.3) is 0 Å². The zero-order chi connectivity index (χ0) is 13.1. The van der Waals surface area contributed by atoms with Crippen molar-refractivity contribution in [2.45, 2.75) is 59.5 Å². The quantitative estimate of drug-likeness (QED) is 0.602. The van der Waals surface area contributed by atoms with Gasteiger partial charge in [0, 0.05) is 0 Å². The zero-order valence-electron chi connectivity index (χ0n) is 12.0. The lowest BCUT2D eigenvalue weighted by molar-refractivity contribution is -0.0204. The molecule has 0 saturated heterocycles. The van der Waals surface area contributed by atoms with E-state index in [0.29, 0.717) is 31.3 Å². The van der Waals surface area contributed by atoms with Crippen molar-refractivity contribution in [3.63, 3.8) is 0 Å². The minimum Gasteiger partial charge on any atom is -0.394 e. The van der Waals surface area contributed by atoms with Gasteiger partial charge in [-0.25, -0.2) is 0 Å². The molecule has 0 aromatic carbocycles. The van der Waals surface area contributed by atoms with E-state index < -0.39 is 0 Å². The van der Waals surface area contributed by atoms with E-state index in [1.165, 1.54) is 12.8 Å². The monoisotopic (exact) mass is 246 g/mol. The van der Waals surface area contributed by atoms with Crippen molar-refractivity contribution in [1.82, 2.24) is 0 Å². The highest BCUT2D eigenvalue weighted by Gasteiger charge is 2.18. The van der Waals surface area contributed by atoms with Crippen LogP contribution in [0.4, 0.5) is 0 Å². The Morgan fingerprint density at radius 3 is 2.35 bits per heavy atom. The van der Waals surface area contributed by atoms with Crippen LogP contribution in [-0.2, 0) is 9.47 Å². The number of hydrogen-bond acceptors (Lipinski definition) is 3. The van der Waals surface area contributed by atoms with Gasteiger partial charge in [0.2, 0.25) is 0 Å². The Morgan fingerprint density at radius 2 is 1.82 bits per heavy atom. The van der Waals surface area contributed by atoms with Gasteiger partial charge in [0.15, 0.2) is 0 Å². The van der Waals surface area contributed by atoms with Gasteiger partial charge in [-0.3, -0.25) is 0 Å². The van der Waals surface area contributed by atoms with Gasteiger partial charge in [-0.1, -0.05) is 40.5 Å². The summed E-state index contributed by atoms with van der Waals surface area (Å²) in [6.07, 6.45) is 5.00. The van der Waals surface area contributed by atoms with Crippen molar-refractivity contribution in [1.29, 1.82) is 0 Å². The van der Waals surface area contributed by atoms with Gasteiger partial charge in [-0.15, -0.1) is 0 Å². The third kappa shape index (κ3) is 12.1. The largest absolute Gasteiger partial charge is 0.394 e. The minimum atomic E-state index is 0.0846. The molecule has 3 heteroatoms. The molecule has 1 N–H and O–H groups in total. The number of aliphatic hydroxyl groups is 1. The summed E-state index contributed by atoms with van der Waals surface area (Å²) in [4.78, 5) is 0. The van der Waals surface area contributed by atoms with Crippen LogP contribution in [-0.4, -0.2) is 37.6 Å². The molecule has 17 heavy (non-hydrogen) atoms. The molecule has 0 radical (unpaired) electrons. The molecule has 104 valence electrons. The van der Waals surface area contributed by atoms with E-state index in [9.17, 15) is 0 Å². The zero-order valence-corrected chi connectivity index (χ0v) is 12.0. The number of ether oxygens (including phenoxy) is 2. The van der Waals surface area contributed by atoms with Gasteiger partial charge in [0.25, 0.3) is 0 Å². The molecule has 0 heterocycles. The molecule has 1 unspecified atom stereocenters. The number of aliphatic hydroxyl groups excluding tert-OH is 1. The van der Waals surface area contributed by atoms with E-state index in [1.54, 1.807) is 0 Å². The predicted octanol–water partition coefficient (Wildman–Crippen LogP) is 3.01. The van der Waals surface area contributed by atoms with Crippen molar-refractivity contribution in [2.24, 2.45) is 5.41 Å². The van der Waals surface area contributed by atoms with Crippen molar-refractivity contribution in [3.8, 4) is 0 Å². The van der Waals surface area contributed by atoms with Crippen LogP contribution in [0.15, 0.2) is 0 Å². The smallest absolute Gasteiger partial charge is 0.0704 e. The third-order valence-electron chi connectivity index (χ3n) is 2.54. The summed E-state index contributed by atoms with van der Waals surface area (Å²) in [5.74, 6) is 0. The Bertz CT molecular complexity index is 163. The number of unbranched alkanes of at least 4 members (excludes halogenated alkanes) is 1. The van der Waals surface area contributed by atoms with Crippen molar-refractivity contribution in [3.05, 3.63) is 0 Å². The van der Waals surface area contributed by atoms with E-state index >= 15 is 0 Å². The maximum Gasteiger partial charge on any atom is 0.0704 e. The Labute approximate surface area is 107 Å². The van der Waals surface area contributed by atoms with E-state index in [4.69, 9.17) is 14.6 Å². The lowest BCUT2D eigenvalue weighted by atomic mass is 9.87. The van der Waals surface area contributed by atoms with Gasteiger partial charge in [0.05, 0.1) is 32.5 Å². The van der Waals surface area contributed by atoms with Crippen LogP contribution in [0.1, 0.15) is 53.4 Å². The van der Waals surface area contributed by atoms with E-state index in [2.05, 4.69) is 27.7 Å². The SMILES string of the molecule is CCCCC(CC(C)(C)C)OCCOCCO. The highest BCUT2D eigenvalue weighted by Crippen LogP contribution is 2.24. The van der Waals surface area contributed by atoms with Gasteiger partial charge < -0.3 is 14.6 Å². The molecule has 0 spiro atoms. The first-order chi connectivity index (χ1) is 7.99. The van der Waals surface area contributed by atoms with E-state index in [0.717, 1.165) is 12.8 Å². The van der Waals surface area contributed by atoms with Crippen LogP contribution in [0.2, 0.25) is 0 Å². The molecule has 0 aliphatic heterocycles. The van der Waals surface area contributed by atoms with Crippen LogP contribution in [0, 0.1) is 5.41 Å². The topological polar surface area (TPSA) is 38.7 Å². The van der Waals surface area contributed by atoms with Crippen molar-refractivity contribution < 1.29 is 14.6 Å². The third-order valence-corrected chi connectivity index (χ3v) is 2.54. The first-order valence-corrected chi connectivity index (χ1v) is 6.80. The summed E-state index contributed by atoms with van der Waals surface area (Å²) < 4.78 is 11.1. The number of hydrogen-bond donors (Lipinski definition) is 1. The standard InChI is InChI=1S/C14H30O3/c1-5-6-7-13(12-14(2,3)4)17-11-10-16-9-8-15/h13,15H,5-12H2,1-4H3. The average Bonchev–Trinajstić information content (AvgIpc) is 2.23. The summed E-state index contributed by atoms with van der Waals surface area (Å²) >= 11 is 0. The molecular formula is C14H30O3. The molecule has 0 rings (SSSR count). The average molecular weight is 246 g/mol. The summed E-state index contributed by atoms with van der Waals surface area (Å²) in [6.45, 7) is 10.6. The summed E-state index contributed by atoms with van der Waals surface area (Å²) in [6, 6.07) is 0. The minimum absolute atomic E-state index is 0.0846. The first kappa shape index (κ1) is 16.9. The molecule has 3 nitrogen and oxygen atoms in total. The highest BCUT2D eigenvalue weighted by molar-refractivity contribution is 4.69. The maximum absolute atomic E-state index is 8.58. The van der Waals surface area contributed by atoms with E-state index in [-0.39, 0.29) is 6.61 Å². The van der Waals surface area contributed by atoms with Gasteiger partial charge in [-0.05, 0) is 18.3 Å². The second-order valence-corrected chi connectivity index (χ2v) is 5.74. The molecule has 0 aliphatic carbocycles. The highest BCUT2D eigenvalue weighted by atomic mass is 16.5. The fourth-order valence-corrected chi connectivity index (χ4v) is 1.80. The van der Waals surface area contributed by atoms with Gasteiger partial charge in [-0.2, -0.15) is 0 Å². The molecular weight excluding hydrogens is 216 g/mol. The molecule has 0 aromatic rings. The maximum atomic E-state index is 8.58. The van der Waals surface area contributed by atoms with Gasteiger partial charge in [0.1, 0.15) is 0 Å². The molecule has 1 atom stereocenters. The predicted molar refractivity (Wildman–Crippen MR) is 71.2 cm³/mol. The van der Waals surface area contributed by atoms with Crippen LogP contribution in [0.3, 0.4) is 0 Å². The molecule has 0 bridgehead atoms. The Morgan fingerprint density at radius 1 is 1.12 bits per heavy atom. The molecule has 0 saturated carbocycles. The summed E-state index contributed by atoms with van der Waals surface area (Å²) in [5.41, 5.74) is 0.310. The molecule has 0 fully saturated rings. The summed E-state index contributed by atoms with van der Waals surface area (Å²) in [7, 11) is 0. The van der Waals surface area contributed by atoms with Crippen molar-refractivity contribution in [2.75, 3.05) is 26.4 Å². The fourth-order valence-electron chi connectivity index (χ4n) is 1.80. The Hall–Kier alpha value is -0.120. The van der Waals surface area contributed by atoms with Crippen LogP contribution < -0.4 is 0 Å². The fraction of sp³-hybridized carbons (Fsp3) is 1.00. The molecule has 0 amide bonds. The summed E-state index contributed by atoms with van der Waals surface area (Å²) in [5, 5.41) is 8.58. The lowest BCUT2D eigenvalue weighted by Crippen LogP contribution is -2.23. The molecule has 0 aromatic heterocycles. The molecule has 0 aliphatic rings. The first-order valence-electron chi connectivity index (χ1n) is 6.80. The second kappa shape index (κ2) is 9.86. The van der Waals surface area contributed by atoms with Crippen molar-refractivity contribution >= 4 is 0 Å². The van der Waals surface area contributed by atoms with Crippen LogP contribution in [0.5, 0.6) is 0 Å².